The molecule has 34 heavy (non-hydrogen) atoms. The molecule has 4 heterocycles. The minimum Gasteiger partial charge on any atom is -0.344 e. The van der Waals surface area contributed by atoms with Gasteiger partial charge in [-0.2, -0.15) is 18.3 Å². The van der Waals surface area contributed by atoms with Crippen LogP contribution in [-0.2, 0) is 6.18 Å². The molecule has 0 aliphatic rings. The van der Waals surface area contributed by atoms with Crippen LogP contribution in [0.25, 0.3) is 21.9 Å². The van der Waals surface area contributed by atoms with Crippen LogP contribution < -0.4 is 5.32 Å². The summed E-state index contributed by atoms with van der Waals surface area (Å²) in [5.74, 6) is -0.585. The molecule has 0 aliphatic carbocycles. The number of hydrogen-bond donors (Lipinski definition) is 1. The van der Waals surface area contributed by atoms with Crippen molar-refractivity contribution in [2.24, 2.45) is 0 Å². The molecule has 1 amide bonds. The van der Waals surface area contributed by atoms with Gasteiger partial charge in [0.05, 0.1) is 16.6 Å². The monoisotopic (exact) mass is 481 g/mol. The SMILES string of the molecule is CC(NC(=O)c1cc2nc(-c3cccs3)cc(C(F)(F)F)n2n1)c1ccc(-n2cccc2)cc1. The highest BCUT2D eigenvalue weighted by molar-refractivity contribution is 7.13. The minimum absolute atomic E-state index is 0.0490. The van der Waals surface area contributed by atoms with Gasteiger partial charge >= 0.3 is 6.18 Å². The standard InChI is InChI=1S/C24H18F3N5OS/c1-15(16-6-8-17(9-7-16)31-10-2-3-11-31)28-23(33)19-14-22-29-18(20-5-4-12-34-20)13-21(24(25,26)27)32(22)30-19/h2-15H,1H3,(H,28,33). The van der Waals surface area contributed by atoms with Gasteiger partial charge in [-0.1, -0.05) is 18.2 Å². The van der Waals surface area contributed by atoms with Gasteiger partial charge in [0.2, 0.25) is 0 Å². The molecule has 0 spiro atoms. The van der Waals surface area contributed by atoms with E-state index in [1.165, 1.54) is 17.4 Å². The Morgan fingerprint density at radius 2 is 1.79 bits per heavy atom. The van der Waals surface area contributed by atoms with Gasteiger partial charge in [-0.25, -0.2) is 9.50 Å². The molecule has 10 heteroatoms. The van der Waals surface area contributed by atoms with Gasteiger partial charge < -0.3 is 9.88 Å². The predicted octanol–water partition coefficient (Wildman–Crippen LogP) is 5.76. The Bertz CT molecular complexity index is 1440. The molecule has 0 aliphatic heterocycles. The number of halogens is 3. The van der Waals surface area contributed by atoms with Crippen molar-refractivity contribution in [1.29, 1.82) is 0 Å². The summed E-state index contributed by atoms with van der Waals surface area (Å²) in [7, 11) is 0. The third-order valence-electron chi connectivity index (χ3n) is 5.37. The molecule has 5 rings (SSSR count). The number of carbonyl (C=O) groups excluding carboxylic acids is 1. The molecule has 0 radical (unpaired) electrons. The van der Waals surface area contributed by atoms with Crippen LogP contribution in [0.1, 0.15) is 34.7 Å². The van der Waals surface area contributed by atoms with E-state index >= 15 is 0 Å². The topological polar surface area (TPSA) is 64.2 Å². The fourth-order valence-electron chi connectivity index (χ4n) is 3.63. The Labute approximate surface area is 196 Å². The zero-order valence-electron chi connectivity index (χ0n) is 17.8. The molecule has 1 unspecified atom stereocenters. The minimum atomic E-state index is -4.66. The largest absolute Gasteiger partial charge is 0.433 e. The highest BCUT2D eigenvalue weighted by atomic mass is 32.1. The van der Waals surface area contributed by atoms with Crippen LogP contribution in [-0.4, -0.2) is 25.1 Å². The van der Waals surface area contributed by atoms with Crippen LogP contribution in [0.4, 0.5) is 13.2 Å². The number of nitrogens with zero attached hydrogens (tertiary/aromatic N) is 4. The van der Waals surface area contributed by atoms with Crippen LogP contribution >= 0.6 is 11.3 Å². The normalized spacial score (nSPS) is 12.7. The van der Waals surface area contributed by atoms with Crippen molar-refractivity contribution in [3.8, 4) is 16.3 Å². The zero-order valence-corrected chi connectivity index (χ0v) is 18.6. The zero-order chi connectivity index (χ0) is 23.9. The van der Waals surface area contributed by atoms with Crippen molar-refractivity contribution in [1.82, 2.24) is 24.5 Å². The highest BCUT2D eigenvalue weighted by Crippen LogP contribution is 2.33. The summed E-state index contributed by atoms with van der Waals surface area (Å²) in [5.41, 5.74) is 0.817. The second kappa shape index (κ2) is 8.45. The molecule has 1 atom stereocenters. The van der Waals surface area contributed by atoms with E-state index in [-0.39, 0.29) is 23.1 Å². The Morgan fingerprint density at radius 1 is 1.06 bits per heavy atom. The number of hydrogen-bond acceptors (Lipinski definition) is 4. The van der Waals surface area contributed by atoms with E-state index in [2.05, 4.69) is 15.4 Å². The highest BCUT2D eigenvalue weighted by Gasteiger charge is 2.35. The van der Waals surface area contributed by atoms with Gasteiger partial charge in [-0.15, -0.1) is 11.3 Å². The third-order valence-corrected chi connectivity index (χ3v) is 6.26. The molecule has 172 valence electrons. The first-order chi connectivity index (χ1) is 16.3. The molecule has 0 fully saturated rings. The molecule has 0 saturated carbocycles. The number of nitrogens with one attached hydrogen (secondary N) is 1. The molecule has 1 N–H and O–H groups in total. The van der Waals surface area contributed by atoms with Gasteiger partial charge in [0.25, 0.3) is 5.91 Å². The van der Waals surface area contributed by atoms with Gasteiger partial charge in [0, 0.05) is 24.1 Å². The molecule has 5 aromatic rings. The van der Waals surface area contributed by atoms with E-state index in [0.29, 0.717) is 9.39 Å². The van der Waals surface area contributed by atoms with E-state index < -0.39 is 17.8 Å². The summed E-state index contributed by atoms with van der Waals surface area (Å²) >= 11 is 1.28. The van der Waals surface area contributed by atoms with Crippen molar-refractivity contribution >= 4 is 22.9 Å². The number of thiophene rings is 1. The van der Waals surface area contributed by atoms with Crippen LogP contribution in [0.2, 0.25) is 0 Å². The molecular formula is C24H18F3N5OS. The fraction of sp³-hybridized carbons (Fsp3) is 0.125. The maximum absolute atomic E-state index is 13.7. The Balaban J connectivity index is 1.42. The number of benzene rings is 1. The molecule has 0 bridgehead atoms. The van der Waals surface area contributed by atoms with Crippen molar-refractivity contribution < 1.29 is 18.0 Å². The molecule has 6 nitrogen and oxygen atoms in total. The second-order valence-corrected chi connectivity index (χ2v) is 8.63. The third kappa shape index (κ3) is 4.19. The first kappa shape index (κ1) is 21.9. The average Bonchev–Trinajstić information content (AvgIpc) is 3.59. The lowest BCUT2D eigenvalue weighted by Gasteiger charge is -2.14. The number of amides is 1. The first-order valence-electron chi connectivity index (χ1n) is 10.4. The van der Waals surface area contributed by atoms with E-state index in [4.69, 9.17) is 0 Å². The molecule has 1 aromatic carbocycles. The van der Waals surface area contributed by atoms with Crippen molar-refractivity contribution in [2.75, 3.05) is 0 Å². The maximum atomic E-state index is 13.7. The van der Waals surface area contributed by atoms with Gasteiger partial charge in [-0.05, 0) is 54.3 Å². The smallest absolute Gasteiger partial charge is 0.344 e. The fourth-order valence-corrected chi connectivity index (χ4v) is 4.32. The van der Waals surface area contributed by atoms with Gasteiger partial charge in [-0.3, -0.25) is 4.79 Å². The van der Waals surface area contributed by atoms with Gasteiger partial charge in [0.15, 0.2) is 17.0 Å². The molecule has 0 saturated heterocycles. The second-order valence-electron chi connectivity index (χ2n) is 7.68. The van der Waals surface area contributed by atoms with Crippen LogP contribution in [0.5, 0.6) is 0 Å². The van der Waals surface area contributed by atoms with E-state index in [9.17, 15) is 18.0 Å². The molecular weight excluding hydrogens is 463 g/mol. The summed E-state index contributed by atoms with van der Waals surface area (Å²) in [4.78, 5) is 17.7. The summed E-state index contributed by atoms with van der Waals surface area (Å²) in [6.07, 6.45) is -0.810. The maximum Gasteiger partial charge on any atom is 0.433 e. The number of aromatic nitrogens is 4. The quantitative estimate of drug-likeness (QED) is 0.347. The Kier molecular flexibility index (Phi) is 5.45. The van der Waals surface area contributed by atoms with Crippen molar-refractivity contribution in [2.45, 2.75) is 19.1 Å². The van der Waals surface area contributed by atoms with E-state index in [0.717, 1.165) is 17.3 Å². The van der Waals surface area contributed by atoms with Crippen molar-refractivity contribution in [3.63, 3.8) is 0 Å². The summed E-state index contributed by atoms with van der Waals surface area (Å²) in [5, 5.41) is 8.48. The molecule has 4 aromatic heterocycles. The Morgan fingerprint density at radius 3 is 2.44 bits per heavy atom. The summed E-state index contributed by atoms with van der Waals surface area (Å²) < 4.78 is 43.8. The van der Waals surface area contributed by atoms with Gasteiger partial charge in [0.1, 0.15) is 0 Å². The van der Waals surface area contributed by atoms with E-state index in [1.807, 2.05) is 53.4 Å². The Hall–Kier alpha value is -3.92. The number of rotatable bonds is 5. The lowest BCUT2D eigenvalue weighted by atomic mass is 10.1. The van der Waals surface area contributed by atoms with Crippen LogP contribution in [0.15, 0.2) is 78.4 Å². The predicted molar refractivity (Wildman–Crippen MR) is 123 cm³/mol. The van der Waals surface area contributed by atoms with Crippen molar-refractivity contribution in [3.05, 3.63) is 95.4 Å². The number of carbonyl (C=O) groups is 1. The van der Waals surface area contributed by atoms with Crippen LogP contribution in [0.3, 0.4) is 0 Å². The first-order valence-corrected chi connectivity index (χ1v) is 11.2. The lowest BCUT2D eigenvalue weighted by molar-refractivity contribution is -0.142. The lowest BCUT2D eigenvalue weighted by Crippen LogP contribution is -2.27. The summed E-state index contributed by atoms with van der Waals surface area (Å²) in [6, 6.07) is 16.7. The van der Waals surface area contributed by atoms with E-state index in [1.54, 1.807) is 24.4 Å². The average molecular weight is 482 g/mol. The summed E-state index contributed by atoms with van der Waals surface area (Å²) in [6.45, 7) is 1.80. The number of alkyl halides is 3. The number of fused-ring (bicyclic) bond motifs is 1. The van der Waals surface area contributed by atoms with Crippen LogP contribution in [0, 0.1) is 0 Å².